The summed E-state index contributed by atoms with van der Waals surface area (Å²) in [4.78, 5) is 31.9. The molecule has 3 aromatic rings. The summed E-state index contributed by atoms with van der Waals surface area (Å²) < 4.78 is 5.76. The number of anilines is 1. The van der Waals surface area contributed by atoms with Crippen molar-refractivity contribution in [2.24, 2.45) is 5.73 Å². The number of primary amides is 1. The molecule has 1 unspecified atom stereocenters. The standard InChI is InChI=1S/C17H16N4O3S2/c18-16(23)11-5-10(7-19-11)12-8-26-17(20-12)21-14(22)6-13-15-9(1-3-24-13)2-4-25-15/h2,4-5,7-8,13,19H,1,3,6H2,(H2,18,23)(H,20,21,22). The number of hydrogen-bond donors (Lipinski definition) is 3. The molecule has 0 bridgehead atoms. The molecule has 3 aromatic heterocycles. The number of nitrogens with one attached hydrogen (secondary N) is 2. The van der Waals surface area contributed by atoms with Crippen LogP contribution in [0.2, 0.25) is 0 Å². The minimum atomic E-state index is -0.527. The summed E-state index contributed by atoms with van der Waals surface area (Å²) >= 11 is 2.96. The second kappa shape index (κ2) is 7.02. The Morgan fingerprint density at radius 3 is 3.12 bits per heavy atom. The monoisotopic (exact) mass is 388 g/mol. The minimum absolute atomic E-state index is 0.135. The zero-order valence-electron chi connectivity index (χ0n) is 13.7. The summed E-state index contributed by atoms with van der Waals surface area (Å²) in [6.07, 6.45) is 2.63. The second-order valence-corrected chi connectivity index (χ2v) is 7.68. The molecule has 0 aromatic carbocycles. The molecule has 26 heavy (non-hydrogen) atoms. The lowest BCUT2D eigenvalue weighted by Gasteiger charge is -2.22. The van der Waals surface area contributed by atoms with Gasteiger partial charge in [0.2, 0.25) is 5.91 Å². The number of aromatic nitrogens is 2. The summed E-state index contributed by atoms with van der Waals surface area (Å²) in [5, 5.41) is 7.19. The number of rotatable bonds is 5. The third kappa shape index (κ3) is 3.41. The van der Waals surface area contributed by atoms with Gasteiger partial charge in [-0.2, -0.15) is 0 Å². The highest BCUT2D eigenvalue weighted by Gasteiger charge is 2.25. The Kier molecular flexibility index (Phi) is 4.58. The molecular formula is C17H16N4O3S2. The maximum Gasteiger partial charge on any atom is 0.265 e. The predicted octanol–water partition coefficient (Wildman–Crippen LogP) is 2.94. The van der Waals surface area contributed by atoms with E-state index in [0.717, 1.165) is 16.9 Å². The predicted molar refractivity (Wildman–Crippen MR) is 100 cm³/mol. The van der Waals surface area contributed by atoms with Crippen molar-refractivity contribution >= 4 is 39.6 Å². The van der Waals surface area contributed by atoms with E-state index in [1.54, 1.807) is 23.6 Å². The maximum absolute atomic E-state index is 12.4. The first kappa shape index (κ1) is 17.0. The van der Waals surface area contributed by atoms with E-state index in [0.29, 0.717) is 23.1 Å². The normalized spacial score (nSPS) is 16.2. The Hall–Kier alpha value is -2.49. The van der Waals surface area contributed by atoms with E-state index in [1.807, 2.05) is 10.8 Å². The van der Waals surface area contributed by atoms with Gasteiger partial charge in [0, 0.05) is 22.0 Å². The SMILES string of the molecule is NC(=O)c1cc(-c2csc(NC(=O)CC3OCCc4ccsc43)n2)c[nH]1. The number of hydrogen-bond acceptors (Lipinski definition) is 6. The molecule has 1 atom stereocenters. The smallest absolute Gasteiger partial charge is 0.265 e. The topological polar surface area (TPSA) is 110 Å². The summed E-state index contributed by atoms with van der Waals surface area (Å²) in [5.74, 6) is -0.663. The number of ether oxygens (including phenoxy) is 1. The second-order valence-electron chi connectivity index (χ2n) is 5.88. The fourth-order valence-corrected chi connectivity index (χ4v) is 4.60. The quantitative estimate of drug-likeness (QED) is 0.624. The Balaban J connectivity index is 1.41. The lowest BCUT2D eigenvalue weighted by atomic mass is 10.1. The Morgan fingerprint density at radius 2 is 2.31 bits per heavy atom. The summed E-state index contributed by atoms with van der Waals surface area (Å²) in [5.41, 5.74) is 8.24. The zero-order chi connectivity index (χ0) is 18.1. The molecule has 9 heteroatoms. The van der Waals surface area contributed by atoms with E-state index in [9.17, 15) is 9.59 Å². The Labute approximate surface area is 157 Å². The van der Waals surface area contributed by atoms with Crippen molar-refractivity contribution in [1.29, 1.82) is 0 Å². The largest absolute Gasteiger partial charge is 0.372 e. The molecule has 0 radical (unpaired) electrons. The van der Waals surface area contributed by atoms with Crippen molar-refractivity contribution in [3.8, 4) is 11.3 Å². The van der Waals surface area contributed by atoms with Gasteiger partial charge < -0.3 is 20.8 Å². The Morgan fingerprint density at radius 1 is 1.42 bits per heavy atom. The number of nitrogens with zero attached hydrogens (tertiary/aromatic N) is 1. The number of carbonyl (C=O) groups excluding carboxylic acids is 2. The fraction of sp³-hybridized carbons (Fsp3) is 0.235. The molecule has 0 aliphatic carbocycles. The van der Waals surface area contributed by atoms with Crippen molar-refractivity contribution in [2.75, 3.05) is 11.9 Å². The van der Waals surface area contributed by atoms with E-state index in [4.69, 9.17) is 10.5 Å². The van der Waals surface area contributed by atoms with Crippen LogP contribution in [0.4, 0.5) is 5.13 Å². The molecule has 4 N–H and O–H groups in total. The molecule has 0 fully saturated rings. The van der Waals surface area contributed by atoms with Crippen LogP contribution in [0.15, 0.2) is 29.1 Å². The third-order valence-corrected chi connectivity index (χ3v) is 5.94. The molecule has 0 saturated carbocycles. The van der Waals surface area contributed by atoms with Gasteiger partial charge in [0.1, 0.15) is 11.8 Å². The number of H-pyrrole nitrogens is 1. The van der Waals surface area contributed by atoms with Crippen LogP contribution in [-0.4, -0.2) is 28.4 Å². The molecule has 0 saturated heterocycles. The van der Waals surface area contributed by atoms with Gasteiger partial charge >= 0.3 is 0 Å². The van der Waals surface area contributed by atoms with Crippen LogP contribution in [0.3, 0.4) is 0 Å². The van der Waals surface area contributed by atoms with Gasteiger partial charge in [-0.3, -0.25) is 9.59 Å². The lowest BCUT2D eigenvalue weighted by Crippen LogP contribution is -2.21. The van der Waals surface area contributed by atoms with E-state index < -0.39 is 5.91 Å². The molecule has 134 valence electrons. The molecule has 7 nitrogen and oxygen atoms in total. The van der Waals surface area contributed by atoms with Gasteiger partial charge in [0.05, 0.1) is 18.7 Å². The van der Waals surface area contributed by atoms with E-state index >= 15 is 0 Å². The third-order valence-electron chi connectivity index (χ3n) is 4.13. The highest BCUT2D eigenvalue weighted by molar-refractivity contribution is 7.14. The summed E-state index contributed by atoms with van der Waals surface area (Å²) in [7, 11) is 0. The minimum Gasteiger partial charge on any atom is -0.372 e. The molecule has 4 heterocycles. The number of aromatic amines is 1. The first-order valence-electron chi connectivity index (χ1n) is 8.02. The molecule has 0 spiro atoms. The van der Waals surface area contributed by atoms with Crippen LogP contribution in [0.25, 0.3) is 11.3 Å². The molecule has 1 aliphatic rings. The van der Waals surface area contributed by atoms with Crippen molar-refractivity contribution in [3.63, 3.8) is 0 Å². The van der Waals surface area contributed by atoms with Crippen molar-refractivity contribution in [1.82, 2.24) is 9.97 Å². The molecular weight excluding hydrogens is 372 g/mol. The van der Waals surface area contributed by atoms with Crippen LogP contribution < -0.4 is 11.1 Å². The van der Waals surface area contributed by atoms with Crippen molar-refractivity contribution in [3.05, 3.63) is 45.2 Å². The fourth-order valence-electron chi connectivity index (χ4n) is 2.86. The van der Waals surface area contributed by atoms with Crippen LogP contribution in [-0.2, 0) is 16.0 Å². The summed E-state index contributed by atoms with van der Waals surface area (Å²) in [6.45, 7) is 0.638. The molecule has 1 aliphatic heterocycles. The zero-order valence-corrected chi connectivity index (χ0v) is 15.3. The first-order chi connectivity index (χ1) is 12.6. The van der Waals surface area contributed by atoms with E-state index in [1.165, 1.54) is 16.9 Å². The van der Waals surface area contributed by atoms with Gasteiger partial charge in [-0.25, -0.2) is 4.98 Å². The summed E-state index contributed by atoms with van der Waals surface area (Å²) in [6, 6.07) is 3.73. The van der Waals surface area contributed by atoms with E-state index in [2.05, 4.69) is 21.4 Å². The number of nitrogens with two attached hydrogens (primary N) is 1. The van der Waals surface area contributed by atoms with E-state index in [-0.39, 0.29) is 18.4 Å². The van der Waals surface area contributed by atoms with Crippen molar-refractivity contribution < 1.29 is 14.3 Å². The highest BCUT2D eigenvalue weighted by atomic mass is 32.1. The van der Waals surface area contributed by atoms with Gasteiger partial charge in [-0.1, -0.05) is 0 Å². The Bertz CT molecular complexity index is 959. The van der Waals surface area contributed by atoms with Gasteiger partial charge in [0.15, 0.2) is 5.13 Å². The number of carbonyl (C=O) groups is 2. The molecule has 2 amide bonds. The van der Waals surface area contributed by atoms with Gasteiger partial charge in [0.25, 0.3) is 5.91 Å². The van der Waals surface area contributed by atoms with Crippen LogP contribution in [0.5, 0.6) is 0 Å². The first-order valence-corrected chi connectivity index (χ1v) is 9.78. The number of amides is 2. The average Bonchev–Trinajstić information content (AvgIpc) is 3.35. The van der Waals surface area contributed by atoms with Crippen molar-refractivity contribution in [2.45, 2.75) is 18.9 Å². The van der Waals surface area contributed by atoms with Gasteiger partial charge in [-0.05, 0) is 29.5 Å². The highest BCUT2D eigenvalue weighted by Crippen LogP contribution is 2.34. The number of fused-ring (bicyclic) bond motifs is 1. The van der Waals surface area contributed by atoms with Gasteiger partial charge in [-0.15, -0.1) is 22.7 Å². The number of thiophene rings is 1. The lowest BCUT2D eigenvalue weighted by molar-refractivity contribution is -0.119. The van der Waals surface area contributed by atoms with Crippen LogP contribution >= 0.6 is 22.7 Å². The maximum atomic E-state index is 12.4. The molecule has 4 rings (SSSR count). The number of thiazole rings is 1. The van der Waals surface area contributed by atoms with Crippen LogP contribution in [0.1, 0.15) is 33.5 Å². The van der Waals surface area contributed by atoms with Crippen LogP contribution in [0, 0.1) is 0 Å². The average molecular weight is 388 g/mol.